The highest BCUT2D eigenvalue weighted by molar-refractivity contribution is 5.74. The number of urea groups is 1. The van der Waals surface area contributed by atoms with Crippen molar-refractivity contribution in [2.24, 2.45) is 5.92 Å². The van der Waals surface area contributed by atoms with Crippen LogP contribution in [0.4, 0.5) is 4.79 Å². The third-order valence-corrected chi connectivity index (χ3v) is 4.40. The Labute approximate surface area is 133 Å². The van der Waals surface area contributed by atoms with Gasteiger partial charge in [0.1, 0.15) is 0 Å². The van der Waals surface area contributed by atoms with E-state index in [1.54, 1.807) is 0 Å². The molecule has 1 fully saturated rings. The molecule has 1 saturated carbocycles. The van der Waals surface area contributed by atoms with Gasteiger partial charge in [-0.3, -0.25) is 0 Å². The van der Waals surface area contributed by atoms with E-state index in [9.17, 15) is 4.79 Å². The molecule has 122 valence electrons. The Bertz CT molecular complexity index is 450. The molecular formula is C18H28N2O2. The monoisotopic (exact) mass is 304 g/mol. The van der Waals surface area contributed by atoms with Crippen LogP contribution in [0.1, 0.15) is 51.1 Å². The fourth-order valence-corrected chi connectivity index (χ4v) is 2.98. The van der Waals surface area contributed by atoms with E-state index in [2.05, 4.69) is 17.6 Å². The van der Waals surface area contributed by atoms with Crippen molar-refractivity contribution in [3.8, 4) is 0 Å². The molecule has 22 heavy (non-hydrogen) atoms. The van der Waals surface area contributed by atoms with Crippen LogP contribution in [0.2, 0.25) is 0 Å². The Morgan fingerprint density at radius 1 is 1.27 bits per heavy atom. The highest BCUT2D eigenvalue weighted by atomic mass is 16.5. The molecule has 0 radical (unpaired) electrons. The second kappa shape index (κ2) is 8.79. The number of nitrogens with one attached hydrogen (secondary N) is 2. The van der Waals surface area contributed by atoms with Gasteiger partial charge >= 0.3 is 6.03 Å². The Balaban J connectivity index is 1.61. The minimum Gasteiger partial charge on any atom is -0.376 e. The molecule has 0 spiro atoms. The summed E-state index contributed by atoms with van der Waals surface area (Å²) in [4.78, 5) is 11.9. The summed E-state index contributed by atoms with van der Waals surface area (Å²) in [6.07, 6.45) is 5.35. The van der Waals surface area contributed by atoms with Gasteiger partial charge in [0.05, 0.1) is 18.8 Å². The molecule has 4 nitrogen and oxygen atoms in total. The minimum absolute atomic E-state index is 0.000449. The van der Waals surface area contributed by atoms with Gasteiger partial charge < -0.3 is 15.4 Å². The minimum atomic E-state index is -0.142. The number of carbonyl (C=O) groups excluding carboxylic acids is 1. The number of rotatable bonds is 6. The largest absolute Gasteiger partial charge is 0.376 e. The lowest BCUT2D eigenvalue weighted by Crippen LogP contribution is -2.39. The van der Waals surface area contributed by atoms with Crippen LogP contribution in [0.15, 0.2) is 30.3 Å². The molecular weight excluding hydrogens is 276 g/mol. The maximum Gasteiger partial charge on any atom is 0.315 e. The molecule has 1 aliphatic rings. The molecule has 4 heteroatoms. The van der Waals surface area contributed by atoms with E-state index in [0.29, 0.717) is 25.2 Å². The Morgan fingerprint density at radius 3 is 2.73 bits per heavy atom. The summed E-state index contributed by atoms with van der Waals surface area (Å²) in [6.45, 7) is 5.37. The second-order valence-corrected chi connectivity index (χ2v) is 6.20. The Morgan fingerprint density at radius 2 is 2.00 bits per heavy atom. The van der Waals surface area contributed by atoms with Gasteiger partial charge in [0.15, 0.2) is 0 Å². The van der Waals surface area contributed by atoms with Crippen molar-refractivity contribution in [2.75, 3.05) is 13.2 Å². The predicted molar refractivity (Wildman–Crippen MR) is 88.8 cm³/mol. The number of benzene rings is 1. The molecule has 2 N–H and O–H groups in total. The number of hydrogen-bond donors (Lipinski definition) is 2. The van der Waals surface area contributed by atoms with Gasteiger partial charge in [-0.1, -0.05) is 50.1 Å². The fourth-order valence-electron chi connectivity index (χ4n) is 2.98. The van der Waals surface area contributed by atoms with Crippen LogP contribution in [-0.4, -0.2) is 25.3 Å². The van der Waals surface area contributed by atoms with Crippen LogP contribution < -0.4 is 10.6 Å². The van der Waals surface area contributed by atoms with Crippen molar-refractivity contribution in [3.05, 3.63) is 35.9 Å². The van der Waals surface area contributed by atoms with Gasteiger partial charge in [-0.15, -0.1) is 0 Å². The maximum atomic E-state index is 11.9. The summed E-state index contributed by atoms with van der Waals surface area (Å²) < 4.78 is 5.89. The van der Waals surface area contributed by atoms with Crippen LogP contribution in [0.3, 0.4) is 0 Å². The number of carbonyl (C=O) groups is 1. The summed E-state index contributed by atoms with van der Waals surface area (Å²) >= 11 is 0. The lowest BCUT2D eigenvalue weighted by atomic mass is 9.88. The van der Waals surface area contributed by atoms with Crippen LogP contribution in [-0.2, 0) is 4.74 Å². The topological polar surface area (TPSA) is 50.4 Å². The van der Waals surface area contributed by atoms with Crippen molar-refractivity contribution in [3.63, 3.8) is 0 Å². The van der Waals surface area contributed by atoms with Crippen LogP contribution in [0, 0.1) is 5.92 Å². The molecule has 1 aromatic rings. The zero-order valence-corrected chi connectivity index (χ0v) is 13.7. The Hall–Kier alpha value is -1.55. The van der Waals surface area contributed by atoms with Crippen molar-refractivity contribution < 1.29 is 9.53 Å². The lowest BCUT2D eigenvalue weighted by Gasteiger charge is -2.28. The van der Waals surface area contributed by atoms with E-state index in [0.717, 1.165) is 12.0 Å². The zero-order valence-electron chi connectivity index (χ0n) is 13.7. The van der Waals surface area contributed by atoms with Crippen LogP contribution in [0.25, 0.3) is 0 Å². The predicted octanol–water partition coefficient (Wildman–Crippen LogP) is 3.64. The Kier molecular flexibility index (Phi) is 6.72. The molecule has 0 aliphatic heterocycles. The second-order valence-electron chi connectivity index (χ2n) is 6.20. The molecule has 0 aromatic heterocycles. The van der Waals surface area contributed by atoms with Crippen molar-refractivity contribution in [2.45, 2.75) is 51.7 Å². The molecule has 1 aliphatic carbocycles. The SMILES string of the molecule is CC(NC(=O)NCCOC1CCCCC1C)c1ccccc1. The highest BCUT2D eigenvalue weighted by Crippen LogP contribution is 2.25. The summed E-state index contributed by atoms with van der Waals surface area (Å²) in [7, 11) is 0. The van der Waals surface area contributed by atoms with Gasteiger partial charge in [0, 0.05) is 6.54 Å². The highest BCUT2D eigenvalue weighted by Gasteiger charge is 2.21. The average molecular weight is 304 g/mol. The van der Waals surface area contributed by atoms with E-state index < -0.39 is 0 Å². The van der Waals surface area contributed by atoms with E-state index in [1.165, 1.54) is 19.3 Å². The van der Waals surface area contributed by atoms with E-state index in [-0.39, 0.29) is 12.1 Å². The number of ether oxygens (including phenoxy) is 1. The van der Waals surface area contributed by atoms with Gasteiger partial charge in [0.25, 0.3) is 0 Å². The normalized spacial score (nSPS) is 22.8. The first-order valence-corrected chi connectivity index (χ1v) is 8.37. The van der Waals surface area contributed by atoms with Gasteiger partial charge in [-0.05, 0) is 31.2 Å². The average Bonchev–Trinajstić information content (AvgIpc) is 2.54. The van der Waals surface area contributed by atoms with Crippen molar-refractivity contribution in [1.29, 1.82) is 0 Å². The molecule has 3 atom stereocenters. The van der Waals surface area contributed by atoms with Gasteiger partial charge in [0.2, 0.25) is 0 Å². The summed E-state index contributed by atoms with van der Waals surface area (Å²) in [5.41, 5.74) is 1.10. The number of amides is 2. The van der Waals surface area contributed by atoms with E-state index >= 15 is 0 Å². The third kappa shape index (κ3) is 5.34. The third-order valence-electron chi connectivity index (χ3n) is 4.40. The van der Waals surface area contributed by atoms with E-state index in [1.807, 2.05) is 37.3 Å². The van der Waals surface area contributed by atoms with Crippen molar-refractivity contribution in [1.82, 2.24) is 10.6 Å². The number of hydrogen-bond acceptors (Lipinski definition) is 2. The quantitative estimate of drug-likeness (QED) is 0.788. The van der Waals surface area contributed by atoms with E-state index in [4.69, 9.17) is 4.74 Å². The summed E-state index contributed by atoms with van der Waals surface area (Å²) in [5, 5.41) is 5.80. The molecule has 2 amide bonds. The molecule has 3 unspecified atom stereocenters. The molecule has 0 saturated heterocycles. The zero-order chi connectivity index (χ0) is 15.8. The van der Waals surface area contributed by atoms with Crippen LogP contribution in [0.5, 0.6) is 0 Å². The first-order chi connectivity index (χ1) is 10.7. The van der Waals surface area contributed by atoms with Crippen molar-refractivity contribution >= 4 is 6.03 Å². The first kappa shape index (κ1) is 16.8. The van der Waals surface area contributed by atoms with Gasteiger partial charge in [-0.25, -0.2) is 4.79 Å². The lowest BCUT2D eigenvalue weighted by molar-refractivity contribution is -0.00244. The standard InChI is InChI=1S/C18H28N2O2/c1-14-8-6-7-11-17(14)22-13-12-19-18(21)20-15(2)16-9-4-3-5-10-16/h3-5,9-10,14-15,17H,6-8,11-13H2,1-2H3,(H2,19,20,21). The molecule has 0 heterocycles. The molecule has 2 rings (SSSR count). The summed E-state index contributed by atoms with van der Waals surface area (Å²) in [5.74, 6) is 0.640. The smallest absolute Gasteiger partial charge is 0.315 e. The molecule has 1 aromatic carbocycles. The summed E-state index contributed by atoms with van der Waals surface area (Å²) in [6, 6.07) is 9.81. The van der Waals surface area contributed by atoms with Gasteiger partial charge in [-0.2, -0.15) is 0 Å². The first-order valence-electron chi connectivity index (χ1n) is 8.37. The molecule has 0 bridgehead atoms. The fraction of sp³-hybridized carbons (Fsp3) is 0.611. The maximum absolute atomic E-state index is 11.9. The van der Waals surface area contributed by atoms with Crippen LogP contribution >= 0.6 is 0 Å².